The van der Waals surface area contributed by atoms with Gasteiger partial charge in [0.15, 0.2) is 0 Å². The van der Waals surface area contributed by atoms with E-state index in [4.69, 9.17) is 0 Å². The average molecular weight is 390 g/mol. The molecule has 68 valence electrons. The third-order valence-corrected chi connectivity index (χ3v) is 0.707. The van der Waals surface area contributed by atoms with Gasteiger partial charge in [-0.1, -0.05) is 26.7 Å². The number of hydrogen-bond donors (Lipinski definition) is 0. The van der Waals surface area contributed by atoms with Crippen molar-refractivity contribution < 1.29 is 21.1 Å². The summed E-state index contributed by atoms with van der Waals surface area (Å²) in [5.41, 5.74) is 0. The Morgan fingerprint density at radius 3 is 1.00 bits per heavy atom. The molecule has 0 spiro atoms. The van der Waals surface area contributed by atoms with Crippen molar-refractivity contribution in [3.8, 4) is 0 Å². The van der Waals surface area contributed by atoms with E-state index in [1.54, 1.807) is 0 Å². The number of halogens is 1. The van der Waals surface area contributed by atoms with E-state index < -0.39 is 0 Å². The second-order valence-electron chi connectivity index (χ2n) is 1.71. The first-order valence-corrected chi connectivity index (χ1v) is 3.41. The van der Waals surface area contributed by atoms with Gasteiger partial charge in [0.1, 0.15) is 0 Å². The molecule has 0 aliphatic carbocycles. The Bertz CT molecular complexity index is 17.2. The molecule has 0 rings (SSSR count). The summed E-state index contributed by atoms with van der Waals surface area (Å²) in [6, 6.07) is 0. The van der Waals surface area contributed by atoms with Gasteiger partial charge in [0.25, 0.3) is 0 Å². The van der Waals surface area contributed by atoms with Gasteiger partial charge in [-0.3, -0.25) is 0 Å². The molecule has 0 aliphatic heterocycles. The van der Waals surface area contributed by atoms with E-state index in [9.17, 15) is 0 Å². The molecule has 0 saturated heterocycles. The Balaban J connectivity index is -0.0000000300. The maximum atomic E-state index is 3.60. The zero-order chi connectivity index (χ0) is 6.83. The quantitative estimate of drug-likeness (QED) is 0.629. The molecular formula is C8H19BrPt. The van der Waals surface area contributed by atoms with Gasteiger partial charge in [-0.05, 0) is 0 Å². The molecule has 0 unspecified atom stereocenters. The smallest absolute Gasteiger partial charge is 0.343 e. The number of hydrogen-bond acceptors (Lipinski definition) is 0. The zero-order valence-corrected chi connectivity index (χ0v) is 11.0. The van der Waals surface area contributed by atoms with Gasteiger partial charge in [0.2, 0.25) is 0 Å². The van der Waals surface area contributed by atoms with Crippen LogP contribution in [0.3, 0.4) is 0 Å². The average Bonchev–Trinajstić information content (AvgIpc) is 1.88. The first-order valence-electron chi connectivity index (χ1n) is 3.41. The fourth-order valence-electron chi connectivity index (χ4n) is 0. The van der Waals surface area contributed by atoms with Gasteiger partial charge in [-0.2, -0.15) is 12.8 Å². The standard InChI is InChI=1S/2C4H9.BrH.Pt/c2*1-3-4-2;;/h2*1,3-4H2,2H3;1H;/q2*-1;;+2. The Morgan fingerprint density at radius 2 is 1.00 bits per heavy atom. The molecule has 0 saturated carbocycles. The van der Waals surface area contributed by atoms with Crippen LogP contribution in [0.4, 0.5) is 0 Å². The summed E-state index contributed by atoms with van der Waals surface area (Å²) in [7, 11) is 0. The van der Waals surface area contributed by atoms with Gasteiger partial charge < -0.3 is 13.8 Å². The molecule has 2 heteroatoms. The van der Waals surface area contributed by atoms with E-state index in [0.717, 1.165) is 12.8 Å². The van der Waals surface area contributed by atoms with Crippen LogP contribution in [0, 0.1) is 13.8 Å². The maximum Gasteiger partial charge on any atom is 2.00 e. The summed E-state index contributed by atoms with van der Waals surface area (Å²) < 4.78 is 0. The molecule has 0 nitrogen and oxygen atoms in total. The van der Waals surface area contributed by atoms with Crippen molar-refractivity contribution in [3.05, 3.63) is 13.8 Å². The summed E-state index contributed by atoms with van der Waals surface area (Å²) in [4.78, 5) is 0. The molecule has 0 radical (unpaired) electrons. The maximum absolute atomic E-state index is 3.60. The van der Waals surface area contributed by atoms with Crippen LogP contribution in [-0.4, -0.2) is 0 Å². The third kappa shape index (κ3) is 60.9. The molecule has 0 N–H and O–H groups in total. The Morgan fingerprint density at radius 1 is 0.900 bits per heavy atom. The third-order valence-electron chi connectivity index (χ3n) is 0.707. The topological polar surface area (TPSA) is 0 Å². The summed E-state index contributed by atoms with van der Waals surface area (Å²) in [5, 5.41) is 0. The van der Waals surface area contributed by atoms with E-state index >= 15 is 0 Å². The Labute approximate surface area is 91.2 Å². The van der Waals surface area contributed by atoms with Crippen molar-refractivity contribution in [2.75, 3.05) is 0 Å². The predicted octanol–water partition coefficient (Wildman–Crippen LogP) is 3.82. The van der Waals surface area contributed by atoms with Crippen molar-refractivity contribution in [2.45, 2.75) is 39.5 Å². The first kappa shape index (κ1) is 22.5. The van der Waals surface area contributed by atoms with E-state index in [1.165, 1.54) is 12.8 Å². The van der Waals surface area contributed by atoms with Crippen molar-refractivity contribution in [3.63, 3.8) is 0 Å². The molecule has 0 fully saturated rings. The molecule has 0 aromatic rings. The minimum absolute atomic E-state index is 0. The fraction of sp³-hybridized carbons (Fsp3) is 0.750. The van der Waals surface area contributed by atoms with E-state index in [0.29, 0.717) is 0 Å². The Hall–Kier alpha value is 1.17. The zero-order valence-electron chi connectivity index (χ0n) is 6.97. The molecule has 0 bridgehead atoms. The molecular weight excluding hydrogens is 371 g/mol. The molecule has 0 atom stereocenters. The molecule has 0 aromatic heterocycles. The van der Waals surface area contributed by atoms with Crippen LogP contribution in [0.1, 0.15) is 39.5 Å². The van der Waals surface area contributed by atoms with Crippen molar-refractivity contribution in [1.82, 2.24) is 0 Å². The summed E-state index contributed by atoms with van der Waals surface area (Å²) in [6.07, 6.45) is 4.56. The summed E-state index contributed by atoms with van der Waals surface area (Å²) in [6.45, 7) is 11.4. The van der Waals surface area contributed by atoms with E-state index in [1.807, 2.05) is 0 Å². The largest absolute Gasteiger partial charge is 2.00 e. The molecule has 0 aromatic carbocycles. The second-order valence-corrected chi connectivity index (χ2v) is 1.71. The molecule has 10 heavy (non-hydrogen) atoms. The van der Waals surface area contributed by atoms with Crippen LogP contribution in [0.15, 0.2) is 0 Å². The van der Waals surface area contributed by atoms with Gasteiger partial charge in [0, 0.05) is 0 Å². The molecule has 0 amide bonds. The van der Waals surface area contributed by atoms with Gasteiger partial charge >= 0.3 is 21.1 Å². The van der Waals surface area contributed by atoms with Crippen LogP contribution in [-0.2, 0) is 21.1 Å². The van der Waals surface area contributed by atoms with E-state index in [2.05, 4.69) is 27.7 Å². The van der Waals surface area contributed by atoms with Crippen LogP contribution in [0.5, 0.6) is 0 Å². The van der Waals surface area contributed by atoms with Crippen LogP contribution in [0.2, 0.25) is 0 Å². The van der Waals surface area contributed by atoms with Gasteiger partial charge in [0.05, 0.1) is 0 Å². The van der Waals surface area contributed by atoms with Crippen molar-refractivity contribution in [2.24, 2.45) is 0 Å². The second kappa shape index (κ2) is 32.0. The monoisotopic (exact) mass is 389 g/mol. The predicted molar refractivity (Wildman–Crippen MR) is 50.9 cm³/mol. The first-order chi connectivity index (χ1) is 3.83. The minimum atomic E-state index is 0. The van der Waals surface area contributed by atoms with Crippen molar-refractivity contribution in [1.29, 1.82) is 0 Å². The van der Waals surface area contributed by atoms with E-state index in [-0.39, 0.29) is 38.0 Å². The van der Waals surface area contributed by atoms with Gasteiger partial charge in [-0.25, -0.2) is 0 Å². The number of unbranched alkanes of at least 4 members (excludes halogenated alkanes) is 2. The van der Waals surface area contributed by atoms with Crippen LogP contribution >= 0.6 is 17.0 Å². The molecule has 0 aliphatic rings. The normalized spacial score (nSPS) is 6.00. The fourth-order valence-corrected chi connectivity index (χ4v) is 0. The molecule has 0 heterocycles. The Kier molecular flexibility index (Phi) is 71.9. The van der Waals surface area contributed by atoms with Crippen molar-refractivity contribution >= 4 is 17.0 Å². The van der Waals surface area contributed by atoms with Crippen LogP contribution < -0.4 is 0 Å². The number of rotatable bonds is 2. The minimum Gasteiger partial charge on any atom is -0.343 e. The van der Waals surface area contributed by atoms with Gasteiger partial charge in [-0.15, -0.1) is 17.0 Å². The summed E-state index contributed by atoms with van der Waals surface area (Å²) in [5.74, 6) is 0. The van der Waals surface area contributed by atoms with Crippen LogP contribution in [0.25, 0.3) is 0 Å². The summed E-state index contributed by atoms with van der Waals surface area (Å²) >= 11 is 0. The SMILES string of the molecule is Br.[CH2-]CCC.[CH2-]CCC.[Pt+2].